The van der Waals surface area contributed by atoms with Gasteiger partial charge in [-0.05, 0) is 12.3 Å². The summed E-state index contributed by atoms with van der Waals surface area (Å²) in [6.07, 6.45) is -4.31. The van der Waals surface area contributed by atoms with Gasteiger partial charge in [0.25, 0.3) is 0 Å². The molecule has 1 aliphatic heterocycles. The Labute approximate surface area is 116 Å². The van der Waals surface area contributed by atoms with E-state index in [1.54, 1.807) is 13.8 Å². The van der Waals surface area contributed by atoms with Crippen LogP contribution in [0.3, 0.4) is 0 Å². The molecule has 1 N–H and O–H groups in total. The largest absolute Gasteiger partial charge is 0.390 e. The molecule has 1 rings (SSSR count). The van der Waals surface area contributed by atoms with Crippen LogP contribution < -0.4 is 5.32 Å². The minimum Gasteiger partial charge on any atom is -0.342 e. The zero-order valence-electron chi connectivity index (χ0n) is 12.0. The first-order valence-electron chi connectivity index (χ1n) is 6.85. The van der Waals surface area contributed by atoms with E-state index in [0.717, 1.165) is 4.90 Å². The third kappa shape index (κ3) is 4.11. The van der Waals surface area contributed by atoms with Crippen LogP contribution in [0.15, 0.2) is 0 Å². The van der Waals surface area contributed by atoms with Crippen molar-refractivity contribution in [2.75, 3.05) is 6.54 Å². The van der Waals surface area contributed by atoms with Crippen molar-refractivity contribution < 1.29 is 22.8 Å². The molecule has 0 spiro atoms. The van der Waals surface area contributed by atoms with Crippen LogP contribution in [0.5, 0.6) is 0 Å². The molecule has 116 valence electrons. The predicted octanol–water partition coefficient (Wildman–Crippen LogP) is 2.09. The summed E-state index contributed by atoms with van der Waals surface area (Å²) in [5.74, 6) is -0.996. The first-order chi connectivity index (χ1) is 9.17. The number of halogens is 3. The van der Waals surface area contributed by atoms with E-state index in [0.29, 0.717) is 12.8 Å². The van der Waals surface area contributed by atoms with Crippen molar-refractivity contribution >= 4 is 11.8 Å². The smallest absolute Gasteiger partial charge is 0.342 e. The van der Waals surface area contributed by atoms with Gasteiger partial charge in [0.2, 0.25) is 11.8 Å². The van der Waals surface area contributed by atoms with Gasteiger partial charge in [-0.15, -0.1) is 0 Å². The molecule has 1 saturated heterocycles. The zero-order valence-corrected chi connectivity index (χ0v) is 12.0. The van der Waals surface area contributed by atoms with Gasteiger partial charge in [0.05, 0.1) is 6.42 Å². The van der Waals surface area contributed by atoms with Gasteiger partial charge >= 0.3 is 6.18 Å². The predicted molar refractivity (Wildman–Crippen MR) is 67.8 cm³/mol. The normalized spacial score (nSPS) is 24.2. The SMILES string of the molecule is CCCC1NC(=O)C(C(C)C)N(CCC(F)(F)F)C1=O. The number of hydrogen-bond acceptors (Lipinski definition) is 2. The fourth-order valence-corrected chi connectivity index (χ4v) is 2.44. The van der Waals surface area contributed by atoms with Crippen molar-refractivity contribution in [2.45, 2.75) is 58.3 Å². The molecule has 1 fully saturated rings. The van der Waals surface area contributed by atoms with Crippen molar-refractivity contribution in [1.29, 1.82) is 0 Å². The molecule has 0 bridgehead atoms. The molecule has 0 aromatic rings. The Morgan fingerprint density at radius 3 is 2.35 bits per heavy atom. The van der Waals surface area contributed by atoms with Crippen LogP contribution in [0.2, 0.25) is 0 Å². The first kappa shape index (κ1) is 16.8. The van der Waals surface area contributed by atoms with Gasteiger partial charge < -0.3 is 10.2 Å². The summed E-state index contributed by atoms with van der Waals surface area (Å²) >= 11 is 0. The minimum absolute atomic E-state index is 0.227. The second-order valence-electron chi connectivity index (χ2n) is 5.44. The highest BCUT2D eigenvalue weighted by molar-refractivity contribution is 5.97. The number of rotatable bonds is 5. The summed E-state index contributed by atoms with van der Waals surface area (Å²) in [6.45, 7) is 4.84. The summed E-state index contributed by atoms with van der Waals surface area (Å²) < 4.78 is 37.1. The van der Waals surface area contributed by atoms with Gasteiger partial charge in [-0.1, -0.05) is 27.2 Å². The van der Waals surface area contributed by atoms with Crippen LogP contribution in [0.1, 0.15) is 40.0 Å². The van der Waals surface area contributed by atoms with E-state index in [2.05, 4.69) is 5.32 Å². The molecule has 2 unspecified atom stereocenters. The Balaban J connectivity index is 2.90. The van der Waals surface area contributed by atoms with Gasteiger partial charge in [-0.25, -0.2) is 0 Å². The highest BCUT2D eigenvalue weighted by atomic mass is 19.4. The molecule has 0 radical (unpaired) electrons. The summed E-state index contributed by atoms with van der Waals surface area (Å²) in [7, 11) is 0. The third-order valence-electron chi connectivity index (χ3n) is 3.35. The lowest BCUT2D eigenvalue weighted by Crippen LogP contribution is -2.65. The van der Waals surface area contributed by atoms with E-state index in [1.807, 2.05) is 6.92 Å². The monoisotopic (exact) mass is 294 g/mol. The second kappa shape index (κ2) is 6.45. The summed E-state index contributed by atoms with van der Waals surface area (Å²) in [4.78, 5) is 25.3. The van der Waals surface area contributed by atoms with Crippen LogP contribution in [-0.4, -0.2) is 41.5 Å². The number of carbonyl (C=O) groups excluding carboxylic acids is 2. The lowest BCUT2D eigenvalue weighted by atomic mass is 9.95. The highest BCUT2D eigenvalue weighted by Gasteiger charge is 2.42. The molecule has 1 heterocycles. The number of alkyl halides is 3. The van der Waals surface area contributed by atoms with Gasteiger partial charge in [-0.3, -0.25) is 9.59 Å². The molecule has 1 aliphatic rings. The van der Waals surface area contributed by atoms with Gasteiger partial charge in [0.1, 0.15) is 12.1 Å². The summed E-state index contributed by atoms with van der Waals surface area (Å²) in [6, 6.07) is -1.52. The first-order valence-corrected chi connectivity index (χ1v) is 6.85. The van der Waals surface area contributed by atoms with Crippen molar-refractivity contribution in [3.8, 4) is 0 Å². The molecule has 0 aromatic heterocycles. The van der Waals surface area contributed by atoms with Crippen molar-refractivity contribution in [2.24, 2.45) is 5.92 Å². The van der Waals surface area contributed by atoms with Crippen molar-refractivity contribution in [3.05, 3.63) is 0 Å². The average Bonchev–Trinajstić information content (AvgIpc) is 2.29. The van der Waals surface area contributed by atoms with Crippen LogP contribution in [0, 0.1) is 5.92 Å². The molecule has 0 aromatic carbocycles. The Morgan fingerprint density at radius 2 is 1.90 bits per heavy atom. The fourth-order valence-electron chi connectivity index (χ4n) is 2.44. The quantitative estimate of drug-likeness (QED) is 0.844. The van der Waals surface area contributed by atoms with E-state index < -0.39 is 37.1 Å². The van der Waals surface area contributed by atoms with E-state index in [-0.39, 0.29) is 11.8 Å². The lowest BCUT2D eigenvalue weighted by molar-refractivity contribution is -0.159. The maximum atomic E-state index is 12.4. The van der Waals surface area contributed by atoms with E-state index in [9.17, 15) is 22.8 Å². The van der Waals surface area contributed by atoms with Crippen LogP contribution in [0.25, 0.3) is 0 Å². The van der Waals surface area contributed by atoms with Gasteiger partial charge in [-0.2, -0.15) is 13.2 Å². The molecule has 20 heavy (non-hydrogen) atoms. The summed E-state index contributed by atoms with van der Waals surface area (Å²) in [5.41, 5.74) is 0. The molecule has 2 atom stereocenters. The average molecular weight is 294 g/mol. The van der Waals surface area contributed by atoms with E-state index >= 15 is 0 Å². The van der Waals surface area contributed by atoms with E-state index in [1.165, 1.54) is 0 Å². The Kier molecular flexibility index (Phi) is 5.42. The zero-order chi connectivity index (χ0) is 15.5. The molecular weight excluding hydrogens is 273 g/mol. The van der Waals surface area contributed by atoms with Gasteiger partial charge in [0, 0.05) is 6.54 Å². The van der Waals surface area contributed by atoms with Crippen LogP contribution in [0.4, 0.5) is 13.2 Å². The molecule has 7 heteroatoms. The molecule has 2 amide bonds. The van der Waals surface area contributed by atoms with Crippen molar-refractivity contribution in [1.82, 2.24) is 10.2 Å². The molecular formula is C13H21F3N2O2. The standard InChI is InChI=1S/C13H21F3N2O2/c1-4-5-9-12(20)18(7-6-13(14,15)16)10(8(2)3)11(19)17-9/h8-10H,4-7H2,1-3H3,(H,17,19). The summed E-state index contributed by atoms with van der Waals surface area (Å²) in [5, 5.41) is 2.61. The van der Waals surface area contributed by atoms with Gasteiger partial charge in [0.15, 0.2) is 0 Å². The Bertz CT molecular complexity index is 369. The number of amides is 2. The molecule has 0 saturated carbocycles. The second-order valence-corrected chi connectivity index (χ2v) is 5.44. The Hall–Kier alpha value is -1.27. The highest BCUT2D eigenvalue weighted by Crippen LogP contribution is 2.24. The molecule has 0 aliphatic carbocycles. The number of hydrogen-bond donors (Lipinski definition) is 1. The third-order valence-corrected chi connectivity index (χ3v) is 3.35. The van der Waals surface area contributed by atoms with E-state index in [4.69, 9.17) is 0 Å². The van der Waals surface area contributed by atoms with Crippen LogP contribution >= 0.6 is 0 Å². The minimum atomic E-state index is -4.34. The van der Waals surface area contributed by atoms with Crippen LogP contribution in [-0.2, 0) is 9.59 Å². The maximum absolute atomic E-state index is 12.4. The number of piperazine rings is 1. The topological polar surface area (TPSA) is 49.4 Å². The number of nitrogens with zero attached hydrogens (tertiary/aromatic N) is 1. The number of carbonyl (C=O) groups is 2. The maximum Gasteiger partial charge on any atom is 0.390 e. The Morgan fingerprint density at radius 1 is 1.30 bits per heavy atom. The van der Waals surface area contributed by atoms with Crippen molar-refractivity contribution in [3.63, 3.8) is 0 Å². The molecule has 4 nitrogen and oxygen atoms in total. The number of nitrogens with one attached hydrogen (secondary N) is 1. The lowest BCUT2D eigenvalue weighted by Gasteiger charge is -2.41. The fraction of sp³-hybridized carbons (Fsp3) is 0.846.